The minimum absolute atomic E-state index is 0.142. The maximum atomic E-state index is 11.9. The number of esters is 1. The average molecular weight is 437 g/mol. The molecule has 3 rings (SSSR count). The maximum absolute atomic E-state index is 11.9. The number of carbonyl (C=O) groups is 1. The van der Waals surface area contributed by atoms with Crippen LogP contribution in [0.15, 0.2) is 14.3 Å². The molecule has 0 amide bonds. The van der Waals surface area contributed by atoms with E-state index in [1.165, 1.54) is 4.88 Å². The molecule has 0 radical (unpaired) electrons. The number of aromatic nitrogens is 1. The Morgan fingerprint density at radius 1 is 1.50 bits per heavy atom. The first-order valence-corrected chi connectivity index (χ1v) is 9.43. The molecule has 0 N–H and O–H groups in total. The molecule has 0 fully saturated rings. The van der Waals surface area contributed by atoms with Crippen LogP contribution in [0.5, 0.6) is 0 Å². The van der Waals surface area contributed by atoms with E-state index < -0.39 is 0 Å². The van der Waals surface area contributed by atoms with Crippen LogP contribution in [-0.4, -0.2) is 17.6 Å². The van der Waals surface area contributed by atoms with Crippen LogP contribution in [0, 0.1) is 0 Å². The number of carbonyl (C=O) groups excluding carboxylic acids is 1. The van der Waals surface area contributed by atoms with Gasteiger partial charge in [-0.1, -0.05) is 0 Å². The standard InChI is InChI=1S/C13H11Br2NO2S2/c1-2-18-13(17)6-3-4-8-10(6)16-12(20-8)9-5-7(14)11(15)19-9/h5-6H,2-4H2,1H3. The van der Waals surface area contributed by atoms with Crippen LogP contribution in [0.1, 0.15) is 29.8 Å². The predicted molar refractivity (Wildman–Crippen MR) is 88.5 cm³/mol. The zero-order chi connectivity index (χ0) is 14.3. The average Bonchev–Trinajstić information content (AvgIpc) is 3.04. The minimum Gasteiger partial charge on any atom is -0.465 e. The van der Waals surface area contributed by atoms with Gasteiger partial charge in [0.2, 0.25) is 0 Å². The van der Waals surface area contributed by atoms with Gasteiger partial charge in [-0.25, -0.2) is 4.98 Å². The van der Waals surface area contributed by atoms with E-state index in [1.54, 1.807) is 22.7 Å². The third kappa shape index (κ3) is 2.61. The SMILES string of the molecule is CCOC(=O)C1CCc2sc(-c3cc(Br)c(Br)s3)nc21. The van der Waals surface area contributed by atoms with Crippen molar-refractivity contribution < 1.29 is 9.53 Å². The Bertz CT molecular complexity index is 646. The first-order chi connectivity index (χ1) is 9.60. The van der Waals surface area contributed by atoms with Crippen LogP contribution in [0.3, 0.4) is 0 Å². The van der Waals surface area contributed by atoms with Crippen molar-refractivity contribution in [3.05, 3.63) is 24.9 Å². The molecule has 2 heterocycles. The van der Waals surface area contributed by atoms with Crippen molar-refractivity contribution in [2.24, 2.45) is 0 Å². The van der Waals surface area contributed by atoms with Gasteiger partial charge in [-0.2, -0.15) is 0 Å². The number of rotatable bonds is 3. The summed E-state index contributed by atoms with van der Waals surface area (Å²) in [7, 11) is 0. The number of aryl methyl sites for hydroxylation is 1. The van der Waals surface area contributed by atoms with Gasteiger partial charge in [-0.15, -0.1) is 22.7 Å². The molecule has 2 aromatic heterocycles. The van der Waals surface area contributed by atoms with Crippen LogP contribution >= 0.6 is 54.5 Å². The molecular formula is C13H11Br2NO2S2. The summed E-state index contributed by atoms with van der Waals surface area (Å²) in [5.41, 5.74) is 0.920. The lowest BCUT2D eigenvalue weighted by molar-refractivity contribution is -0.145. The fourth-order valence-corrected chi connectivity index (χ4v) is 5.48. The number of nitrogens with zero attached hydrogens (tertiary/aromatic N) is 1. The van der Waals surface area contributed by atoms with E-state index in [0.717, 1.165) is 36.7 Å². The second-order valence-electron chi connectivity index (χ2n) is 4.40. The number of halogens is 2. The van der Waals surface area contributed by atoms with E-state index in [-0.39, 0.29) is 11.9 Å². The van der Waals surface area contributed by atoms with Crippen LogP contribution < -0.4 is 0 Å². The Morgan fingerprint density at radius 2 is 2.30 bits per heavy atom. The highest BCUT2D eigenvalue weighted by Gasteiger charge is 2.33. The van der Waals surface area contributed by atoms with Crippen molar-refractivity contribution >= 4 is 60.5 Å². The summed E-state index contributed by atoms with van der Waals surface area (Å²) < 4.78 is 7.23. The van der Waals surface area contributed by atoms with Gasteiger partial charge in [0.1, 0.15) is 10.9 Å². The third-order valence-electron chi connectivity index (χ3n) is 3.14. The molecule has 0 saturated carbocycles. The topological polar surface area (TPSA) is 39.2 Å². The monoisotopic (exact) mass is 435 g/mol. The summed E-state index contributed by atoms with van der Waals surface area (Å²) in [6, 6.07) is 2.06. The number of hydrogen-bond donors (Lipinski definition) is 0. The van der Waals surface area contributed by atoms with Crippen LogP contribution in [0.2, 0.25) is 0 Å². The number of fused-ring (bicyclic) bond motifs is 1. The molecule has 0 saturated heterocycles. The molecule has 0 bridgehead atoms. The molecule has 2 aromatic rings. The minimum atomic E-state index is -0.179. The van der Waals surface area contributed by atoms with Crippen molar-refractivity contribution in [2.75, 3.05) is 6.61 Å². The zero-order valence-electron chi connectivity index (χ0n) is 10.6. The number of ether oxygens (including phenoxy) is 1. The second kappa shape index (κ2) is 5.87. The first kappa shape index (κ1) is 14.7. The second-order valence-corrected chi connectivity index (χ2v) is 8.71. The van der Waals surface area contributed by atoms with Crippen molar-refractivity contribution in [1.29, 1.82) is 0 Å². The molecule has 3 nitrogen and oxygen atoms in total. The fraction of sp³-hybridized carbons (Fsp3) is 0.385. The molecule has 1 atom stereocenters. The lowest BCUT2D eigenvalue weighted by Crippen LogP contribution is -2.14. The largest absolute Gasteiger partial charge is 0.465 e. The fourth-order valence-electron chi connectivity index (χ4n) is 2.26. The highest BCUT2D eigenvalue weighted by molar-refractivity contribution is 9.13. The highest BCUT2D eigenvalue weighted by Crippen LogP contribution is 2.44. The lowest BCUT2D eigenvalue weighted by Gasteiger charge is -2.07. The smallest absolute Gasteiger partial charge is 0.315 e. The van der Waals surface area contributed by atoms with Crippen molar-refractivity contribution in [2.45, 2.75) is 25.7 Å². The molecule has 1 aliphatic carbocycles. The van der Waals surface area contributed by atoms with Crippen LogP contribution in [0.4, 0.5) is 0 Å². The van der Waals surface area contributed by atoms with Crippen molar-refractivity contribution in [3.8, 4) is 9.88 Å². The Hall–Kier alpha value is -0.240. The Morgan fingerprint density at radius 3 is 2.95 bits per heavy atom. The van der Waals surface area contributed by atoms with E-state index in [9.17, 15) is 4.79 Å². The molecule has 0 aliphatic heterocycles. The van der Waals surface area contributed by atoms with E-state index in [0.29, 0.717) is 6.61 Å². The molecular weight excluding hydrogens is 426 g/mol. The molecule has 7 heteroatoms. The summed E-state index contributed by atoms with van der Waals surface area (Å²) in [6.07, 6.45) is 1.75. The summed E-state index contributed by atoms with van der Waals surface area (Å²) in [5, 5.41) is 0.986. The van der Waals surface area contributed by atoms with E-state index in [4.69, 9.17) is 4.74 Å². The Balaban J connectivity index is 1.92. The van der Waals surface area contributed by atoms with Gasteiger partial charge >= 0.3 is 5.97 Å². The van der Waals surface area contributed by atoms with Gasteiger partial charge in [0, 0.05) is 9.35 Å². The quantitative estimate of drug-likeness (QED) is 0.636. The van der Waals surface area contributed by atoms with Crippen molar-refractivity contribution in [1.82, 2.24) is 4.98 Å². The molecule has 0 aromatic carbocycles. The van der Waals surface area contributed by atoms with Gasteiger partial charge in [0.25, 0.3) is 0 Å². The van der Waals surface area contributed by atoms with Gasteiger partial charge < -0.3 is 4.74 Å². The van der Waals surface area contributed by atoms with Gasteiger partial charge in [0.15, 0.2) is 0 Å². The van der Waals surface area contributed by atoms with Gasteiger partial charge in [0.05, 0.1) is 21.0 Å². The third-order valence-corrected chi connectivity index (χ3v) is 7.70. The molecule has 1 unspecified atom stereocenters. The lowest BCUT2D eigenvalue weighted by atomic mass is 10.1. The number of hydrogen-bond acceptors (Lipinski definition) is 5. The predicted octanol–water partition coefficient (Wildman–Crippen LogP) is 4.99. The molecule has 1 aliphatic rings. The van der Waals surface area contributed by atoms with Gasteiger partial charge in [-0.3, -0.25) is 4.79 Å². The summed E-state index contributed by atoms with van der Waals surface area (Å²) in [5.74, 6) is -0.321. The first-order valence-electron chi connectivity index (χ1n) is 6.21. The van der Waals surface area contributed by atoms with Gasteiger partial charge in [-0.05, 0) is 57.7 Å². The van der Waals surface area contributed by atoms with E-state index >= 15 is 0 Å². The molecule has 20 heavy (non-hydrogen) atoms. The molecule has 106 valence electrons. The summed E-state index contributed by atoms with van der Waals surface area (Å²) in [4.78, 5) is 19.0. The van der Waals surface area contributed by atoms with Crippen LogP contribution in [-0.2, 0) is 16.0 Å². The number of thiophene rings is 1. The summed E-state index contributed by atoms with van der Waals surface area (Å²) >= 11 is 10.3. The van der Waals surface area contributed by atoms with E-state index in [2.05, 4.69) is 42.9 Å². The normalized spacial score (nSPS) is 17.2. The summed E-state index contributed by atoms with van der Waals surface area (Å²) in [6.45, 7) is 2.26. The Labute approximate surface area is 141 Å². The number of thiazole rings is 1. The highest BCUT2D eigenvalue weighted by atomic mass is 79.9. The maximum Gasteiger partial charge on any atom is 0.315 e. The van der Waals surface area contributed by atoms with Crippen molar-refractivity contribution in [3.63, 3.8) is 0 Å². The zero-order valence-corrected chi connectivity index (χ0v) is 15.4. The molecule has 0 spiro atoms. The van der Waals surface area contributed by atoms with E-state index in [1.807, 2.05) is 6.92 Å². The Kier molecular flexibility index (Phi) is 4.31. The van der Waals surface area contributed by atoms with Crippen LogP contribution in [0.25, 0.3) is 9.88 Å².